The van der Waals surface area contributed by atoms with Crippen LogP contribution in [0.1, 0.15) is 26.2 Å². The van der Waals surface area contributed by atoms with Gasteiger partial charge in [0.25, 0.3) is 0 Å². The van der Waals surface area contributed by atoms with Gasteiger partial charge in [0.1, 0.15) is 0 Å². The molecule has 0 aromatic rings. The molecule has 0 rings (SSSR count). The van der Waals surface area contributed by atoms with Crippen LogP contribution in [0.4, 0.5) is 0 Å². The normalized spacial score (nSPS) is 13.4. The van der Waals surface area contributed by atoms with Gasteiger partial charge in [0, 0.05) is 6.04 Å². The fraction of sp³-hybridized carbons (Fsp3) is 1.00. The highest BCUT2D eigenvalue weighted by molar-refractivity contribution is 4.61. The summed E-state index contributed by atoms with van der Waals surface area (Å²) in [5.41, 5.74) is 11.1. The second kappa shape index (κ2) is 7.98. The summed E-state index contributed by atoms with van der Waals surface area (Å²) in [5, 5.41) is 3.26. The molecule has 0 radical (unpaired) electrons. The maximum atomic E-state index is 5.76. The van der Waals surface area contributed by atoms with E-state index in [2.05, 4.69) is 12.2 Å². The Morgan fingerprint density at radius 1 is 1.36 bits per heavy atom. The van der Waals surface area contributed by atoms with Gasteiger partial charge < -0.3 is 16.8 Å². The van der Waals surface area contributed by atoms with E-state index < -0.39 is 0 Å². The summed E-state index contributed by atoms with van der Waals surface area (Å²) in [6.45, 7) is 4.95. The monoisotopic (exact) mass is 159 g/mol. The van der Waals surface area contributed by atoms with E-state index in [1.165, 1.54) is 0 Å². The molecule has 3 heteroatoms. The fourth-order valence-electron chi connectivity index (χ4n) is 1.02. The highest BCUT2D eigenvalue weighted by Crippen LogP contribution is 1.96. The van der Waals surface area contributed by atoms with Crippen molar-refractivity contribution in [2.45, 2.75) is 32.2 Å². The Balaban J connectivity index is 2.97. The van der Waals surface area contributed by atoms with Crippen LogP contribution in [0.15, 0.2) is 0 Å². The number of nitrogens with one attached hydrogen (secondary N) is 1. The predicted molar refractivity (Wildman–Crippen MR) is 49.4 cm³/mol. The van der Waals surface area contributed by atoms with Crippen LogP contribution in [-0.2, 0) is 0 Å². The van der Waals surface area contributed by atoms with Crippen molar-refractivity contribution in [1.82, 2.24) is 5.32 Å². The van der Waals surface area contributed by atoms with Crippen molar-refractivity contribution in [3.8, 4) is 0 Å². The zero-order chi connectivity index (χ0) is 8.53. The highest BCUT2D eigenvalue weighted by atomic mass is 14.8. The first-order chi connectivity index (χ1) is 5.31. The van der Waals surface area contributed by atoms with Crippen molar-refractivity contribution in [3.63, 3.8) is 0 Å². The van der Waals surface area contributed by atoms with Gasteiger partial charge in [-0.1, -0.05) is 6.92 Å². The molecule has 0 bridgehead atoms. The van der Waals surface area contributed by atoms with Gasteiger partial charge in [-0.15, -0.1) is 0 Å². The van der Waals surface area contributed by atoms with Crippen LogP contribution in [0.3, 0.4) is 0 Å². The van der Waals surface area contributed by atoms with E-state index in [0.29, 0.717) is 12.6 Å². The third kappa shape index (κ3) is 7.78. The summed E-state index contributed by atoms with van der Waals surface area (Å²) in [5.74, 6) is 0. The minimum Gasteiger partial charge on any atom is -0.330 e. The van der Waals surface area contributed by atoms with Crippen LogP contribution in [-0.4, -0.2) is 25.7 Å². The van der Waals surface area contributed by atoms with Crippen LogP contribution < -0.4 is 16.8 Å². The molecular weight excluding hydrogens is 138 g/mol. The third-order valence-corrected chi connectivity index (χ3v) is 1.72. The Morgan fingerprint density at radius 2 is 2.09 bits per heavy atom. The summed E-state index contributed by atoms with van der Waals surface area (Å²) < 4.78 is 0. The van der Waals surface area contributed by atoms with E-state index in [1.54, 1.807) is 0 Å². The SMILES string of the molecule is CCNCCCC(N)CCN. The van der Waals surface area contributed by atoms with Crippen molar-refractivity contribution in [2.24, 2.45) is 11.5 Å². The first-order valence-corrected chi connectivity index (χ1v) is 4.47. The van der Waals surface area contributed by atoms with E-state index in [-0.39, 0.29) is 0 Å². The van der Waals surface area contributed by atoms with Gasteiger partial charge in [0.05, 0.1) is 0 Å². The minimum atomic E-state index is 0.304. The van der Waals surface area contributed by atoms with Gasteiger partial charge >= 0.3 is 0 Å². The Labute approximate surface area is 69.5 Å². The molecule has 3 nitrogen and oxygen atoms in total. The molecule has 5 N–H and O–H groups in total. The lowest BCUT2D eigenvalue weighted by Crippen LogP contribution is -2.25. The molecular formula is C8H21N3. The molecule has 0 fully saturated rings. The lowest BCUT2D eigenvalue weighted by atomic mass is 10.1. The largest absolute Gasteiger partial charge is 0.330 e. The van der Waals surface area contributed by atoms with Crippen LogP contribution in [0.25, 0.3) is 0 Å². The quantitative estimate of drug-likeness (QED) is 0.460. The van der Waals surface area contributed by atoms with Crippen molar-refractivity contribution in [2.75, 3.05) is 19.6 Å². The second-order valence-electron chi connectivity index (χ2n) is 2.83. The molecule has 0 saturated carbocycles. The second-order valence-corrected chi connectivity index (χ2v) is 2.83. The molecule has 1 unspecified atom stereocenters. The molecule has 0 amide bonds. The zero-order valence-corrected chi connectivity index (χ0v) is 7.47. The smallest absolute Gasteiger partial charge is 0.00513 e. The van der Waals surface area contributed by atoms with Gasteiger partial charge in [0.2, 0.25) is 0 Å². The molecule has 0 aromatic carbocycles. The minimum absolute atomic E-state index is 0.304. The Kier molecular flexibility index (Phi) is 7.89. The lowest BCUT2D eigenvalue weighted by Gasteiger charge is -2.09. The number of nitrogens with two attached hydrogens (primary N) is 2. The zero-order valence-electron chi connectivity index (χ0n) is 7.47. The van der Waals surface area contributed by atoms with Gasteiger partial charge in [-0.2, -0.15) is 0 Å². The average Bonchev–Trinajstić information content (AvgIpc) is 1.99. The topological polar surface area (TPSA) is 64.1 Å². The molecule has 11 heavy (non-hydrogen) atoms. The van der Waals surface area contributed by atoms with E-state index in [4.69, 9.17) is 11.5 Å². The lowest BCUT2D eigenvalue weighted by molar-refractivity contribution is 0.533. The molecule has 0 heterocycles. The number of hydrogen-bond acceptors (Lipinski definition) is 3. The maximum Gasteiger partial charge on any atom is 0.00513 e. The average molecular weight is 159 g/mol. The predicted octanol–water partition coefficient (Wildman–Crippen LogP) is 0.0522. The van der Waals surface area contributed by atoms with Crippen LogP contribution >= 0.6 is 0 Å². The molecule has 1 atom stereocenters. The fourth-order valence-corrected chi connectivity index (χ4v) is 1.02. The number of rotatable bonds is 7. The van der Waals surface area contributed by atoms with Gasteiger partial charge in [-0.05, 0) is 38.9 Å². The van der Waals surface area contributed by atoms with Crippen LogP contribution in [0, 0.1) is 0 Å². The molecule has 68 valence electrons. The van der Waals surface area contributed by atoms with E-state index >= 15 is 0 Å². The first-order valence-electron chi connectivity index (χ1n) is 4.47. The summed E-state index contributed by atoms with van der Waals surface area (Å²) in [7, 11) is 0. The van der Waals surface area contributed by atoms with Crippen molar-refractivity contribution >= 4 is 0 Å². The summed E-state index contributed by atoms with van der Waals surface area (Å²) >= 11 is 0. The van der Waals surface area contributed by atoms with Crippen LogP contribution in [0.2, 0.25) is 0 Å². The van der Waals surface area contributed by atoms with Crippen molar-refractivity contribution in [3.05, 3.63) is 0 Å². The van der Waals surface area contributed by atoms with Gasteiger partial charge in [-0.3, -0.25) is 0 Å². The molecule has 0 spiro atoms. The summed E-state index contributed by atoms with van der Waals surface area (Å²) in [6, 6.07) is 0.304. The van der Waals surface area contributed by atoms with Gasteiger partial charge in [-0.25, -0.2) is 0 Å². The standard InChI is InChI=1S/C8H21N3/c1-2-11-7-3-4-8(10)5-6-9/h8,11H,2-7,9-10H2,1H3. The molecule has 0 aliphatic carbocycles. The first kappa shape index (κ1) is 10.9. The summed E-state index contributed by atoms with van der Waals surface area (Å²) in [4.78, 5) is 0. The Morgan fingerprint density at radius 3 is 2.64 bits per heavy atom. The van der Waals surface area contributed by atoms with Gasteiger partial charge in [0.15, 0.2) is 0 Å². The van der Waals surface area contributed by atoms with E-state index in [9.17, 15) is 0 Å². The summed E-state index contributed by atoms with van der Waals surface area (Å²) in [6.07, 6.45) is 3.20. The Hall–Kier alpha value is -0.120. The molecule has 0 saturated heterocycles. The highest BCUT2D eigenvalue weighted by Gasteiger charge is 1.98. The third-order valence-electron chi connectivity index (χ3n) is 1.72. The van der Waals surface area contributed by atoms with E-state index in [1.807, 2.05) is 0 Å². The van der Waals surface area contributed by atoms with Crippen molar-refractivity contribution in [1.29, 1.82) is 0 Å². The molecule has 0 aromatic heterocycles. The molecule has 0 aliphatic rings. The number of hydrogen-bond donors (Lipinski definition) is 3. The van der Waals surface area contributed by atoms with Crippen LogP contribution in [0.5, 0.6) is 0 Å². The molecule has 0 aliphatic heterocycles. The Bertz CT molecular complexity index is 75.7. The van der Waals surface area contributed by atoms with E-state index in [0.717, 1.165) is 32.4 Å². The van der Waals surface area contributed by atoms with Crippen molar-refractivity contribution < 1.29 is 0 Å². The maximum absolute atomic E-state index is 5.76.